The van der Waals surface area contributed by atoms with Crippen molar-refractivity contribution in [2.24, 2.45) is 17.8 Å². The monoisotopic (exact) mass is 761 g/mol. The van der Waals surface area contributed by atoms with Crippen LogP contribution in [0, 0.1) is 0 Å². The first-order valence-electron chi connectivity index (χ1n) is 16.2. The van der Waals surface area contributed by atoms with Crippen LogP contribution in [-0.4, -0.2) is 86.6 Å². The summed E-state index contributed by atoms with van der Waals surface area (Å²) in [5.74, 6) is 0.620. The number of anilines is 2. The number of hydrogen-bond donors (Lipinski definition) is 4. The van der Waals surface area contributed by atoms with Gasteiger partial charge in [0, 0.05) is 36.6 Å². The minimum Gasteiger partial charge on any atom is -0.466 e. The summed E-state index contributed by atoms with van der Waals surface area (Å²) in [6.07, 6.45) is 4.99. The van der Waals surface area contributed by atoms with Crippen molar-refractivity contribution in [3.05, 3.63) is 83.8 Å². The third-order valence-electron chi connectivity index (χ3n) is 7.30. The van der Waals surface area contributed by atoms with Crippen LogP contribution in [0.3, 0.4) is 0 Å². The molecule has 0 spiro atoms. The summed E-state index contributed by atoms with van der Waals surface area (Å²) in [5, 5.41) is 3.35. The van der Waals surface area contributed by atoms with Gasteiger partial charge < -0.3 is 36.0 Å². The van der Waals surface area contributed by atoms with E-state index in [-0.39, 0.29) is 48.2 Å². The zero-order valence-corrected chi connectivity index (χ0v) is 30.5. The number of nitrogens with two attached hydrogens (primary N) is 1. The van der Waals surface area contributed by atoms with Crippen LogP contribution in [-0.2, 0) is 38.3 Å². The first-order valence-corrected chi connectivity index (χ1v) is 17.6. The quantitative estimate of drug-likeness (QED) is 0.0445. The lowest BCUT2D eigenvalue weighted by molar-refractivity contribution is -0.142. The van der Waals surface area contributed by atoms with Gasteiger partial charge >= 0.3 is 22.5 Å². The Labute approximate surface area is 307 Å². The van der Waals surface area contributed by atoms with Crippen LogP contribution in [0.5, 0.6) is 0 Å². The van der Waals surface area contributed by atoms with Gasteiger partial charge in [-0.15, -0.1) is 0 Å². The molecule has 4 rings (SSSR count). The smallest absolute Gasteiger partial charge is 0.435 e. The molecular formula is C34H47N7O11S. The molecule has 2 heterocycles. The van der Waals surface area contributed by atoms with Gasteiger partial charge in [0.25, 0.3) is 5.91 Å². The minimum absolute atomic E-state index is 0. The maximum atomic E-state index is 13.6. The number of hydrogen-bond acceptors (Lipinski definition) is 10. The number of nitrogens with zero attached hydrogens (tertiary/aromatic N) is 5. The number of nitrogens with one attached hydrogen (secondary N) is 1. The molecule has 53 heavy (non-hydrogen) atoms. The lowest BCUT2D eigenvalue weighted by Gasteiger charge is -2.21. The van der Waals surface area contributed by atoms with E-state index < -0.39 is 16.5 Å². The van der Waals surface area contributed by atoms with Crippen molar-refractivity contribution in [2.45, 2.75) is 52.5 Å². The standard InChI is InChI=1S/C34H41N7O5.H2O4S.2H2O/c1-4-6-7-10-21-46-34(44)39-32(35)24-12-15-26(16-13-24)37-23-30-38-27-22-25(14-17-28(27)40(30)3)33(43)41(20-18-31(42)45-5-2)29-11-8-9-19-36-29;1-5(2,3)4;;/h8-9,11-17,19,22,37H,4-7,10,18,20-21,23H2,1-3H3,(H2,35,39,44);(H2,1,2,3,4);2*1H2. The Balaban J connectivity index is 0.00000188. The van der Waals surface area contributed by atoms with Crippen molar-refractivity contribution in [3.63, 3.8) is 0 Å². The van der Waals surface area contributed by atoms with E-state index in [4.69, 9.17) is 37.7 Å². The lowest BCUT2D eigenvalue weighted by Crippen LogP contribution is -2.34. The van der Waals surface area contributed by atoms with Gasteiger partial charge in [0.2, 0.25) is 0 Å². The second-order valence-corrected chi connectivity index (χ2v) is 11.9. The summed E-state index contributed by atoms with van der Waals surface area (Å²) in [4.78, 5) is 52.0. The Morgan fingerprint density at radius 3 is 2.26 bits per heavy atom. The SMILES string of the molecule is CCCCCCOC(=O)/N=C(/N)c1ccc(NCc2nc3cc(C(=O)N(CCC(=O)OCC)c4ccccn4)ccc3n2C)cc1.O.O.O=S(=O)(O)O. The predicted octanol–water partition coefficient (Wildman–Crippen LogP) is 3.30. The first-order chi connectivity index (χ1) is 24.3. The molecule has 0 unspecified atom stereocenters. The molecule has 0 aliphatic carbocycles. The third kappa shape index (κ3) is 15.3. The fourth-order valence-electron chi connectivity index (χ4n) is 4.79. The van der Waals surface area contributed by atoms with Crippen LogP contribution in [0.2, 0.25) is 0 Å². The van der Waals surface area contributed by atoms with Crippen LogP contribution >= 0.6 is 0 Å². The van der Waals surface area contributed by atoms with Crippen LogP contribution in [0.1, 0.15) is 67.7 Å². The highest BCUT2D eigenvalue weighted by Crippen LogP contribution is 2.21. The highest BCUT2D eigenvalue weighted by atomic mass is 32.3. The molecule has 0 atom stereocenters. The molecule has 0 saturated heterocycles. The first kappa shape index (κ1) is 45.6. The van der Waals surface area contributed by atoms with E-state index in [1.54, 1.807) is 55.6 Å². The van der Waals surface area contributed by atoms with Gasteiger partial charge in [-0.2, -0.15) is 13.4 Å². The van der Waals surface area contributed by atoms with Crippen LogP contribution in [0.25, 0.3) is 11.0 Å². The molecule has 9 N–H and O–H groups in total. The summed E-state index contributed by atoms with van der Waals surface area (Å²) in [7, 11) is -2.75. The molecule has 0 bridgehead atoms. The number of benzene rings is 2. The summed E-state index contributed by atoms with van der Waals surface area (Å²) < 4.78 is 43.7. The molecule has 0 radical (unpaired) electrons. The number of imidazole rings is 1. The lowest BCUT2D eigenvalue weighted by atomic mass is 10.1. The number of aromatic nitrogens is 3. The van der Waals surface area contributed by atoms with Crippen molar-refractivity contribution in [2.75, 3.05) is 30.0 Å². The number of carbonyl (C=O) groups excluding carboxylic acids is 3. The van der Waals surface area contributed by atoms with Gasteiger partial charge in [-0.05, 0) is 67.9 Å². The number of esters is 1. The summed E-state index contributed by atoms with van der Waals surface area (Å²) in [6, 6.07) is 17.9. The molecule has 0 fully saturated rings. The molecule has 0 saturated carbocycles. The van der Waals surface area contributed by atoms with Crippen molar-refractivity contribution < 1.29 is 52.3 Å². The van der Waals surface area contributed by atoms with E-state index in [2.05, 4.69) is 22.2 Å². The molecule has 290 valence electrons. The van der Waals surface area contributed by atoms with Crippen LogP contribution in [0.4, 0.5) is 16.3 Å². The van der Waals surface area contributed by atoms with Gasteiger partial charge in [0.15, 0.2) is 0 Å². The second-order valence-electron chi connectivity index (χ2n) is 11.0. The van der Waals surface area contributed by atoms with Gasteiger partial charge in [-0.3, -0.25) is 23.6 Å². The molecule has 0 aliphatic heterocycles. The van der Waals surface area contributed by atoms with Gasteiger partial charge in [0.05, 0.1) is 37.2 Å². The highest BCUT2D eigenvalue weighted by Gasteiger charge is 2.21. The maximum Gasteiger partial charge on any atom is 0.435 e. The number of fused-ring (bicyclic) bond motifs is 1. The number of carbonyl (C=O) groups is 3. The number of amides is 2. The highest BCUT2D eigenvalue weighted by molar-refractivity contribution is 7.79. The molecule has 4 aromatic rings. The van der Waals surface area contributed by atoms with Gasteiger partial charge in [-0.1, -0.05) is 32.3 Å². The fourth-order valence-corrected chi connectivity index (χ4v) is 4.79. The number of pyridine rings is 1. The van der Waals surface area contributed by atoms with Crippen LogP contribution < -0.4 is 16.0 Å². The Bertz CT molecular complexity index is 1900. The number of aryl methyl sites for hydroxylation is 1. The van der Waals surface area contributed by atoms with Crippen molar-refractivity contribution >= 4 is 56.7 Å². The number of rotatable bonds is 15. The Morgan fingerprint density at radius 2 is 1.64 bits per heavy atom. The maximum absolute atomic E-state index is 13.6. The number of amidine groups is 1. The second kappa shape index (κ2) is 22.5. The molecule has 18 nitrogen and oxygen atoms in total. The third-order valence-corrected chi connectivity index (χ3v) is 7.30. The Kier molecular flexibility index (Phi) is 19.3. The van der Waals surface area contributed by atoms with Crippen LogP contribution in [0.15, 0.2) is 71.9 Å². The van der Waals surface area contributed by atoms with Crippen molar-refractivity contribution in [1.29, 1.82) is 0 Å². The van der Waals surface area contributed by atoms with Crippen molar-refractivity contribution in [3.8, 4) is 0 Å². The molecular weight excluding hydrogens is 714 g/mol. The zero-order valence-electron chi connectivity index (χ0n) is 29.7. The van der Waals surface area contributed by atoms with E-state index in [0.717, 1.165) is 42.7 Å². The van der Waals surface area contributed by atoms with Crippen molar-refractivity contribution in [1.82, 2.24) is 14.5 Å². The molecule has 2 aromatic heterocycles. The fraction of sp³-hybridized carbons (Fsp3) is 0.353. The predicted molar refractivity (Wildman–Crippen MR) is 199 cm³/mol. The van der Waals surface area contributed by atoms with E-state index in [0.29, 0.717) is 35.6 Å². The van der Waals surface area contributed by atoms with Gasteiger partial charge in [0.1, 0.15) is 17.5 Å². The number of aliphatic imine (C=N–C) groups is 1. The van der Waals surface area contributed by atoms with E-state index in [1.165, 1.54) is 4.90 Å². The summed E-state index contributed by atoms with van der Waals surface area (Å²) in [6.45, 7) is 5.02. The summed E-state index contributed by atoms with van der Waals surface area (Å²) in [5.41, 5.74) is 9.40. The average molecular weight is 762 g/mol. The normalized spacial score (nSPS) is 10.9. The summed E-state index contributed by atoms with van der Waals surface area (Å²) >= 11 is 0. The van der Waals surface area contributed by atoms with Gasteiger partial charge in [-0.25, -0.2) is 14.8 Å². The molecule has 0 aliphatic rings. The van der Waals surface area contributed by atoms with E-state index in [1.807, 2.05) is 29.8 Å². The largest absolute Gasteiger partial charge is 0.466 e. The number of ether oxygens (including phenoxy) is 2. The van der Waals surface area contributed by atoms with E-state index >= 15 is 0 Å². The van der Waals surface area contributed by atoms with E-state index in [9.17, 15) is 14.4 Å². The topological polar surface area (TPSA) is 292 Å². The Morgan fingerprint density at radius 1 is 0.962 bits per heavy atom. The average Bonchev–Trinajstić information content (AvgIpc) is 3.41. The Hall–Kier alpha value is -5.47. The number of unbranched alkanes of at least 4 members (excludes halogenated alkanes) is 3. The zero-order chi connectivity index (χ0) is 37.4. The molecule has 2 amide bonds. The molecule has 19 heteroatoms. The minimum atomic E-state index is -4.67. The molecule has 2 aromatic carbocycles.